The van der Waals surface area contributed by atoms with Crippen LogP contribution in [0.1, 0.15) is 20.8 Å². The van der Waals surface area contributed by atoms with Crippen molar-refractivity contribution in [1.82, 2.24) is 5.32 Å². The number of carbonyl (C=O) groups excluding carboxylic acids is 1. The molecule has 0 unspecified atom stereocenters. The second kappa shape index (κ2) is 7.53. The summed E-state index contributed by atoms with van der Waals surface area (Å²) in [5.74, 6) is -0.146. The molecule has 0 bridgehead atoms. The van der Waals surface area contributed by atoms with Gasteiger partial charge in [0.25, 0.3) is 0 Å². The number of hydrogen-bond donors (Lipinski definition) is 1. The Labute approximate surface area is 141 Å². The van der Waals surface area contributed by atoms with E-state index in [9.17, 15) is 13.2 Å². The molecule has 0 aliphatic rings. The summed E-state index contributed by atoms with van der Waals surface area (Å²) in [6.45, 7) is 5.46. The maximum absolute atomic E-state index is 12.1. The number of hydrogen-bond acceptors (Lipinski definition) is 3. The second-order valence-corrected chi connectivity index (χ2v) is 8.22. The van der Waals surface area contributed by atoms with E-state index < -0.39 is 15.9 Å². The van der Waals surface area contributed by atoms with E-state index in [1.807, 2.05) is 20.8 Å². The quantitative estimate of drug-likeness (QED) is 0.841. The number of amides is 1. The van der Waals surface area contributed by atoms with Crippen LogP contribution >= 0.6 is 23.2 Å². The average molecular weight is 367 g/mol. The summed E-state index contributed by atoms with van der Waals surface area (Å²) in [5.41, 5.74) is 0.223. The normalized spacial score (nSPS) is 13.0. The maximum Gasteiger partial charge on any atom is 0.240 e. The lowest BCUT2D eigenvalue weighted by atomic mass is 10.1. The molecular weight excluding hydrogens is 347 g/mol. The van der Waals surface area contributed by atoms with Crippen molar-refractivity contribution in [2.24, 2.45) is 5.92 Å². The summed E-state index contributed by atoms with van der Waals surface area (Å²) >= 11 is 11.9. The van der Waals surface area contributed by atoms with Crippen LogP contribution in [0.5, 0.6) is 0 Å². The van der Waals surface area contributed by atoms with E-state index in [0.717, 1.165) is 10.6 Å². The molecule has 0 radical (unpaired) electrons. The average Bonchev–Trinajstić information content (AvgIpc) is 2.35. The van der Waals surface area contributed by atoms with Crippen LogP contribution in [0.4, 0.5) is 5.69 Å². The van der Waals surface area contributed by atoms with Crippen molar-refractivity contribution < 1.29 is 13.2 Å². The Morgan fingerprint density at radius 1 is 1.27 bits per heavy atom. The highest BCUT2D eigenvalue weighted by atomic mass is 35.5. The minimum atomic E-state index is -3.66. The van der Waals surface area contributed by atoms with Crippen molar-refractivity contribution in [2.45, 2.75) is 26.8 Å². The van der Waals surface area contributed by atoms with Gasteiger partial charge >= 0.3 is 0 Å². The first-order valence-corrected chi connectivity index (χ1v) is 9.35. The molecule has 0 saturated carbocycles. The Morgan fingerprint density at radius 2 is 1.86 bits per heavy atom. The van der Waals surface area contributed by atoms with Crippen molar-refractivity contribution in [3.05, 3.63) is 28.2 Å². The van der Waals surface area contributed by atoms with Gasteiger partial charge < -0.3 is 5.32 Å². The largest absolute Gasteiger partial charge is 0.352 e. The fraction of sp³-hybridized carbons (Fsp3) is 0.500. The third-order valence-electron chi connectivity index (χ3n) is 3.25. The summed E-state index contributed by atoms with van der Waals surface area (Å²) in [4.78, 5) is 12.1. The van der Waals surface area contributed by atoms with Crippen LogP contribution in [0.3, 0.4) is 0 Å². The lowest BCUT2D eigenvalue weighted by Crippen LogP contribution is -2.44. The SMILES string of the molecule is CC(C)[C@@H](C)NC(=O)CN(c1ccc(Cl)cc1Cl)S(C)(=O)=O. The number of sulfonamides is 1. The number of anilines is 1. The van der Waals surface area contributed by atoms with Gasteiger partial charge in [-0.15, -0.1) is 0 Å². The molecule has 0 aliphatic carbocycles. The van der Waals surface area contributed by atoms with Gasteiger partial charge in [-0.25, -0.2) is 8.42 Å². The fourth-order valence-electron chi connectivity index (χ4n) is 1.66. The van der Waals surface area contributed by atoms with Crippen LogP contribution in [-0.4, -0.2) is 33.2 Å². The fourth-order valence-corrected chi connectivity index (χ4v) is 3.09. The molecule has 1 amide bonds. The number of rotatable bonds is 6. The highest BCUT2D eigenvalue weighted by Crippen LogP contribution is 2.30. The van der Waals surface area contributed by atoms with Gasteiger partial charge in [0.05, 0.1) is 17.0 Å². The molecule has 0 fully saturated rings. The molecule has 0 heterocycles. The minimum Gasteiger partial charge on any atom is -0.352 e. The smallest absolute Gasteiger partial charge is 0.240 e. The van der Waals surface area contributed by atoms with E-state index >= 15 is 0 Å². The topological polar surface area (TPSA) is 66.5 Å². The summed E-state index contributed by atoms with van der Waals surface area (Å²) in [6.07, 6.45) is 1.02. The van der Waals surface area contributed by atoms with Gasteiger partial charge in [-0.1, -0.05) is 37.0 Å². The van der Waals surface area contributed by atoms with Crippen LogP contribution in [0.15, 0.2) is 18.2 Å². The summed E-state index contributed by atoms with van der Waals surface area (Å²) in [7, 11) is -3.66. The molecule has 1 aromatic rings. The summed E-state index contributed by atoms with van der Waals surface area (Å²) in [6, 6.07) is 4.38. The molecule has 1 N–H and O–H groups in total. The standard InChI is InChI=1S/C14H20Cl2N2O3S/c1-9(2)10(3)17-14(19)8-18(22(4,20)21)13-6-5-11(15)7-12(13)16/h5-7,9-10H,8H2,1-4H3,(H,17,19)/t10-/m1/s1. The molecule has 1 rings (SSSR count). The van der Waals surface area contributed by atoms with Crippen LogP contribution in [0.2, 0.25) is 10.0 Å². The molecule has 0 aliphatic heterocycles. The monoisotopic (exact) mass is 366 g/mol. The summed E-state index contributed by atoms with van der Waals surface area (Å²) in [5, 5.41) is 3.33. The van der Waals surface area contributed by atoms with Gasteiger partial charge in [0, 0.05) is 11.1 Å². The predicted octanol–water partition coefficient (Wildman–Crippen LogP) is 2.92. The lowest BCUT2D eigenvalue weighted by molar-refractivity contribution is -0.120. The third kappa shape index (κ3) is 5.34. The van der Waals surface area contributed by atoms with Gasteiger partial charge in [0.2, 0.25) is 15.9 Å². The Kier molecular flexibility index (Phi) is 6.52. The van der Waals surface area contributed by atoms with E-state index in [-0.39, 0.29) is 29.2 Å². The first-order chi connectivity index (χ1) is 10.0. The first kappa shape index (κ1) is 19.1. The van der Waals surface area contributed by atoms with E-state index in [4.69, 9.17) is 23.2 Å². The van der Waals surface area contributed by atoms with Crippen LogP contribution < -0.4 is 9.62 Å². The maximum atomic E-state index is 12.1. The highest BCUT2D eigenvalue weighted by Gasteiger charge is 2.24. The van der Waals surface area contributed by atoms with Crippen LogP contribution in [0, 0.1) is 5.92 Å². The zero-order chi connectivity index (χ0) is 17.1. The van der Waals surface area contributed by atoms with Crippen LogP contribution in [-0.2, 0) is 14.8 Å². The minimum absolute atomic E-state index is 0.0606. The predicted molar refractivity (Wildman–Crippen MR) is 91.1 cm³/mol. The van der Waals surface area contributed by atoms with Crippen molar-refractivity contribution in [2.75, 3.05) is 17.1 Å². The highest BCUT2D eigenvalue weighted by molar-refractivity contribution is 7.92. The van der Waals surface area contributed by atoms with E-state index in [0.29, 0.717) is 5.02 Å². The molecule has 1 atom stereocenters. The van der Waals surface area contributed by atoms with E-state index in [1.54, 1.807) is 0 Å². The molecule has 124 valence electrons. The Hall–Kier alpha value is -0.980. The van der Waals surface area contributed by atoms with Gasteiger partial charge in [-0.3, -0.25) is 9.10 Å². The molecule has 5 nitrogen and oxygen atoms in total. The van der Waals surface area contributed by atoms with Crippen LogP contribution in [0.25, 0.3) is 0 Å². The zero-order valence-electron chi connectivity index (χ0n) is 12.9. The van der Waals surface area contributed by atoms with Crippen molar-refractivity contribution in [3.63, 3.8) is 0 Å². The van der Waals surface area contributed by atoms with Gasteiger partial charge in [-0.2, -0.15) is 0 Å². The first-order valence-electron chi connectivity index (χ1n) is 6.74. The number of halogens is 2. The van der Waals surface area contributed by atoms with Gasteiger partial charge in [0.1, 0.15) is 6.54 Å². The molecular formula is C14H20Cl2N2O3S. The van der Waals surface area contributed by atoms with Crippen molar-refractivity contribution in [3.8, 4) is 0 Å². The third-order valence-corrected chi connectivity index (χ3v) is 4.92. The molecule has 0 aromatic heterocycles. The van der Waals surface area contributed by atoms with Gasteiger partial charge in [0.15, 0.2) is 0 Å². The Morgan fingerprint density at radius 3 is 2.32 bits per heavy atom. The van der Waals surface area contributed by atoms with Gasteiger partial charge in [-0.05, 0) is 31.0 Å². The number of benzene rings is 1. The van der Waals surface area contributed by atoms with E-state index in [2.05, 4.69) is 5.32 Å². The zero-order valence-corrected chi connectivity index (χ0v) is 15.3. The second-order valence-electron chi connectivity index (χ2n) is 5.47. The van der Waals surface area contributed by atoms with Crippen molar-refractivity contribution in [1.29, 1.82) is 0 Å². The Balaban J connectivity index is 3.03. The number of carbonyl (C=O) groups is 1. The molecule has 22 heavy (non-hydrogen) atoms. The number of nitrogens with zero attached hydrogens (tertiary/aromatic N) is 1. The lowest BCUT2D eigenvalue weighted by Gasteiger charge is -2.25. The van der Waals surface area contributed by atoms with E-state index in [1.165, 1.54) is 18.2 Å². The molecule has 1 aromatic carbocycles. The molecule has 8 heteroatoms. The number of nitrogens with one attached hydrogen (secondary N) is 1. The summed E-state index contributed by atoms with van der Waals surface area (Å²) < 4.78 is 24.9. The molecule has 0 saturated heterocycles. The van der Waals surface area contributed by atoms with Crippen molar-refractivity contribution >= 4 is 44.8 Å². The molecule has 0 spiro atoms. The Bertz CT molecular complexity index is 647.